The van der Waals surface area contributed by atoms with Crippen LogP contribution in [0.15, 0.2) is 24.3 Å². The molecule has 0 fully saturated rings. The number of benzene rings is 1. The number of carbonyl (C=O) groups is 1. The van der Waals surface area contributed by atoms with Gasteiger partial charge in [-0.1, -0.05) is 12.1 Å². The van der Waals surface area contributed by atoms with E-state index in [0.29, 0.717) is 18.7 Å². The molecule has 0 saturated carbocycles. The molecule has 1 unspecified atom stereocenters. The minimum absolute atomic E-state index is 0.0156. The third-order valence-electron chi connectivity index (χ3n) is 2.73. The maximum atomic E-state index is 11.7. The number of nitro groups is 1. The Morgan fingerprint density at radius 3 is 2.90 bits per heavy atom. The van der Waals surface area contributed by atoms with Gasteiger partial charge in [0.2, 0.25) is 5.91 Å². The van der Waals surface area contributed by atoms with Gasteiger partial charge in [0.05, 0.1) is 24.1 Å². The van der Waals surface area contributed by atoms with E-state index in [4.69, 9.17) is 4.74 Å². The maximum absolute atomic E-state index is 11.7. The van der Waals surface area contributed by atoms with Crippen LogP contribution in [0.2, 0.25) is 0 Å². The Labute approximate surface area is 117 Å². The van der Waals surface area contributed by atoms with Crippen molar-refractivity contribution >= 4 is 11.6 Å². The molecular formula is C13H19N3O4. The fraction of sp³-hybridized carbons (Fsp3) is 0.462. The second kappa shape index (κ2) is 8.23. The zero-order chi connectivity index (χ0) is 15.0. The summed E-state index contributed by atoms with van der Waals surface area (Å²) in [5.41, 5.74) is 0.714. The van der Waals surface area contributed by atoms with Crippen molar-refractivity contribution in [3.8, 4) is 0 Å². The summed E-state index contributed by atoms with van der Waals surface area (Å²) in [6.07, 6.45) is 0. The van der Waals surface area contributed by atoms with Gasteiger partial charge >= 0.3 is 0 Å². The number of nitro benzene ring substituents is 1. The number of rotatable bonds is 8. The van der Waals surface area contributed by atoms with Crippen LogP contribution < -0.4 is 10.6 Å². The topological polar surface area (TPSA) is 93.5 Å². The third-order valence-corrected chi connectivity index (χ3v) is 2.73. The average molecular weight is 281 g/mol. The molecule has 0 saturated heterocycles. The number of non-ortho nitro benzene ring substituents is 1. The summed E-state index contributed by atoms with van der Waals surface area (Å²) in [7, 11) is 1.59. The predicted octanol–water partition coefficient (Wildman–Crippen LogP) is 1.01. The molecule has 2 N–H and O–H groups in total. The first-order chi connectivity index (χ1) is 9.54. The van der Waals surface area contributed by atoms with Crippen molar-refractivity contribution in [2.75, 3.05) is 26.8 Å². The molecule has 110 valence electrons. The van der Waals surface area contributed by atoms with E-state index in [0.717, 1.165) is 0 Å². The lowest BCUT2D eigenvalue weighted by atomic mass is 10.1. The SMILES string of the molecule is COCCNCC(=O)NC(C)c1cccc([N+](=O)[O-])c1. The molecule has 0 spiro atoms. The van der Waals surface area contributed by atoms with Gasteiger partial charge < -0.3 is 15.4 Å². The Bertz CT molecular complexity index is 465. The van der Waals surface area contributed by atoms with Crippen LogP contribution in [-0.4, -0.2) is 37.6 Å². The molecule has 0 radical (unpaired) electrons. The first kappa shape index (κ1) is 16.1. The fourth-order valence-corrected chi connectivity index (χ4v) is 1.66. The first-order valence-corrected chi connectivity index (χ1v) is 6.28. The summed E-state index contributed by atoms with van der Waals surface area (Å²) in [5, 5.41) is 16.4. The van der Waals surface area contributed by atoms with Crippen molar-refractivity contribution in [3.05, 3.63) is 39.9 Å². The molecule has 1 atom stereocenters. The highest BCUT2D eigenvalue weighted by Crippen LogP contribution is 2.18. The first-order valence-electron chi connectivity index (χ1n) is 6.28. The van der Waals surface area contributed by atoms with Crippen molar-refractivity contribution in [3.63, 3.8) is 0 Å². The summed E-state index contributed by atoms with van der Waals surface area (Å²) in [5.74, 6) is -0.167. The Kier molecular flexibility index (Phi) is 6.61. The van der Waals surface area contributed by atoms with E-state index < -0.39 is 4.92 Å². The molecule has 0 bridgehead atoms. The maximum Gasteiger partial charge on any atom is 0.269 e. The molecule has 0 aromatic heterocycles. The Morgan fingerprint density at radius 2 is 2.25 bits per heavy atom. The average Bonchev–Trinajstić information content (AvgIpc) is 2.43. The molecule has 0 aliphatic rings. The molecule has 1 rings (SSSR count). The third kappa shape index (κ3) is 5.33. The van der Waals surface area contributed by atoms with Crippen LogP contribution in [0.3, 0.4) is 0 Å². The van der Waals surface area contributed by atoms with Crippen molar-refractivity contribution in [2.45, 2.75) is 13.0 Å². The van der Waals surface area contributed by atoms with Gasteiger partial charge in [-0.2, -0.15) is 0 Å². The molecule has 1 aromatic rings. The second-order valence-corrected chi connectivity index (χ2v) is 4.31. The minimum Gasteiger partial charge on any atom is -0.383 e. The van der Waals surface area contributed by atoms with Gasteiger partial charge in [0, 0.05) is 25.8 Å². The number of amides is 1. The molecule has 1 amide bonds. The normalized spacial score (nSPS) is 11.9. The van der Waals surface area contributed by atoms with Crippen molar-refractivity contribution in [1.29, 1.82) is 0 Å². The summed E-state index contributed by atoms with van der Waals surface area (Å²) >= 11 is 0. The fourth-order valence-electron chi connectivity index (χ4n) is 1.66. The smallest absolute Gasteiger partial charge is 0.269 e. The molecule has 20 heavy (non-hydrogen) atoms. The zero-order valence-corrected chi connectivity index (χ0v) is 11.6. The van der Waals surface area contributed by atoms with Crippen LogP contribution in [0, 0.1) is 10.1 Å². The van der Waals surface area contributed by atoms with Crippen molar-refractivity contribution < 1.29 is 14.5 Å². The lowest BCUT2D eigenvalue weighted by molar-refractivity contribution is -0.384. The summed E-state index contributed by atoms with van der Waals surface area (Å²) in [4.78, 5) is 21.9. The van der Waals surface area contributed by atoms with Gasteiger partial charge in [-0.3, -0.25) is 14.9 Å². The van der Waals surface area contributed by atoms with Crippen molar-refractivity contribution in [2.24, 2.45) is 0 Å². The van der Waals surface area contributed by atoms with Gasteiger partial charge in [-0.15, -0.1) is 0 Å². The van der Waals surface area contributed by atoms with E-state index in [-0.39, 0.29) is 24.2 Å². The van der Waals surface area contributed by atoms with Gasteiger partial charge in [-0.25, -0.2) is 0 Å². The molecular weight excluding hydrogens is 262 g/mol. The van der Waals surface area contributed by atoms with Crippen LogP contribution in [0.4, 0.5) is 5.69 Å². The molecule has 7 nitrogen and oxygen atoms in total. The minimum atomic E-state index is -0.454. The van der Waals surface area contributed by atoms with E-state index in [1.165, 1.54) is 12.1 Å². The van der Waals surface area contributed by atoms with Gasteiger partial charge in [0.1, 0.15) is 0 Å². The quantitative estimate of drug-likeness (QED) is 0.421. The highest BCUT2D eigenvalue weighted by atomic mass is 16.6. The Hall–Kier alpha value is -1.99. The van der Waals surface area contributed by atoms with Gasteiger partial charge in [0.25, 0.3) is 5.69 Å². The van der Waals surface area contributed by atoms with Crippen LogP contribution >= 0.6 is 0 Å². The molecule has 0 aliphatic heterocycles. The Balaban J connectivity index is 2.49. The number of hydrogen-bond acceptors (Lipinski definition) is 5. The standard InChI is InChI=1S/C13H19N3O4/c1-10(15-13(17)9-14-6-7-20-2)11-4-3-5-12(8-11)16(18)19/h3-5,8,10,14H,6-7,9H2,1-2H3,(H,15,17). The Morgan fingerprint density at radius 1 is 1.50 bits per heavy atom. The monoisotopic (exact) mass is 281 g/mol. The lowest BCUT2D eigenvalue weighted by Gasteiger charge is -2.14. The molecule has 7 heteroatoms. The molecule has 1 aromatic carbocycles. The van der Waals surface area contributed by atoms with Crippen LogP contribution in [-0.2, 0) is 9.53 Å². The number of hydrogen-bond donors (Lipinski definition) is 2. The summed E-state index contributed by atoms with van der Waals surface area (Å²) in [6, 6.07) is 5.95. The highest BCUT2D eigenvalue weighted by Gasteiger charge is 2.12. The van der Waals surface area contributed by atoms with Crippen LogP contribution in [0.25, 0.3) is 0 Å². The van der Waals surface area contributed by atoms with E-state index in [1.807, 2.05) is 0 Å². The van der Waals surface area contributed by atoms with E-state index in [2.05, 4.69) is 10.6 Å². The van der Waals surface area contributed by atoms with E-state index in [9.17, 15) is 14.9 Å². The van der Waals surface area contributed by atoms with Crippen LogP contribution in [0.1, 0.15) is 18.5 Å². The highest BCUT2D eigenvalue weighted by molar-refractivity contribution is 5.78. The summed E-state index contributed by atoms with van der Waals surface area (Å²) < 4.78 is 4.85. The molecule has 0 heterocycles. The summed E-state index contributed by atoms with van der Waals surface area (Å²) in [6.45, 7) is 3.09. The molecule has 0 aliphatic carbocycles. The predicted molar refractivity (Wildman–Crippen MR) is 74.4 cm³/mol. The van der Waals surface area contributed by atoms with Gasteiger partial charge in [-0.05, 0) is 12.5 Å². The zero-order valence-electron chi connectivity index (χ0n) is 11.6. The number of nitrogens with one attached hydrogen (secondary N) is 2. The number of nitrogens with zero attached hydrogens (tertiary/aromatic N) is 1. The van der Waals surface area contributed by atoms with E-state index in [1.54, 1.807) is 26.2 Å². The second-order valence-electron chi connectivity index (χ2n) is 4.31. The van der Waals surface area contributed by atoms with Gasteiger partial charge in [0.15, 0.2) is 0 Å². The largest absolute Gasteiger partial charge is 0.383 e. The number of ether oxygens (including phenoxy) is 1. The van der Waals surface area contributed by atoms with Crippen LogP contribution in [0.5, 0.6) is 0 Å². The van der Waals surface area contributed by atoms with E-state index >= 15 is 0 Å². The number of methoxy groups -OCH3 is 1. The lowest BCUT2D eigenvalue weighted by Crippen LogP contribution is -2.36. The van der Waals surface area contributed by atoms with Crippen molar-refractivity contribution in [1.82, 2.24) is 10.6 Å². The number of carbonyl (C=O) groups excluding carboxylic acids is 1.